The van der Waals surface area contributed by atoms with Crippen molar-refractivity contribution < 1.29 is 18.3 Å². The Bertz CT molecular complexity index is 1530. The van der Waals surface area contributed by atoms with Crippen molar-refractivity contribution >= 4 is 34.0 Å². The van der Waals surface area contributed by atoms with Crippen LogP contribution in [0.3, 0.4) is 0 Å². The highest BCUT2D eigenvalue weighted by molar-refractivity contribution is 6.11. The second-order valence-electron chi connectivity index (χ2n) is 10.8. The number of rotatable bonds is 7. The SMILES string of the molecule is CN1CCN(c2ccc(C(=O)Nc3n[nH]c4cnc(Cc5cc(F)cc(F)c5)cc34)c(NC3CCOCC3)c2)CC1. The van der Waals surface area contributed by atoms with Crippen molar-refractivity contribution in [2.24, 2.45) is 0 Å². The Hall–Kier alpha value is -4.09. The molecular formula is C30H33F2N7O2. The number of likely N-dealkylation sites (N-methyl/N-ethyl adjacent to an activating group) is 1. The molecule has 9 nitrogen and oxygen atoms in total. The summed E-state index contributed by atoms with van der Waals surface area (Å²) in [5, 5.41) is 14.4. The number of carbonyl (C=O) groups is 1. The smallest absolute Gasteiger partial charge is 0.258 e. The summed E-state index contributed by atoms with van der Waals surface area (Å²) < 4.78 is 32.9. The first-order chi connectivity index (χ1) is 19.9. The van der Waals surface area contributed by atoms with Crippen molar-refractivity contribution in [2.45, 2.75) is 25.3 Å². The molecule has 2 aromatic carbocycles. The largest absolute Gasteiger partial charge is 0.381 e. The van der Waals surface area contributed by atoms with Gasteiger partial charge in [-0.1, -0.05) is 0 Å². The minimum Gasteiger partial charge on any atom is -0.381 e. The number of pyridine rings is 1. The van der Waals surface area contributed by atoms with E-state index in [9.17, 15) is 13.6 Å². The topological polar surface area (TPSA) is 98.4 Å². The van der Waals surface area contributed by atoms with Gasteiger partial charge in [0.25, 0.3) is 5.91 Å². The lowest BCUT2D eigenvalue weighted by Crippen LogP contribution is -2.44. The Labute approximate surface area is 236 Å². The molecule has 6 rings (SSSR count). The van der Waals surface area contributed by atoms with Crippen molar-refractivity contribution in [2.75, 3.05) is 62.0 Å². The van der Waals surface area contributed by atoms with Crippen LogP contribution in [0.15, 0.2) is 48.7 Å². The van der Waals surface area contributed by atoms with Gasteiger partial charge in [0, 0.05) is 80.4 Å². The first-order valence-electron chi connectivity index (χ1n) is 13.9. The van der Waals surface area contributed by atoms with Crippen LogP contribution in [0.4, 0.5) is 26.0 Å². The number of halogens is 2. The molecule has 4 heterocycles. The number of fused-ring (bicyclic) bond motifs is 1. The molecule has 4 aromatic rings. The molecule has 41 heavy (non-hydrogen) atoms. The highest BCUT2D eigenvalue weighted by atomic mass is 19.1. The van der Waals surface area contributed by atoms with E-state index in [4.69, 9.17) is 4.74 Å². The lowest BCUT2D eigenvalue weighted by Gasteiger charge is -2.34. The number of carbonyl (C=O) groups excluding carboxylic acids is 1. The van der Waals surface area contributed by atoms with Gasteiger partial charge in [0.2, 0.25) is 0 Å². The van der Waals surface area contributed by atoms with Gasteiger partial charge >= 0.3 is 0 Å². The average molecular weight is 562 g/mol. The molecule has 0 atom stereocenters. The van der Waals surface area contributed by atoms with E-state index in [1.807, 2.05) is 12.1 Å². The quantitative estimate of drug-likeness (QED) is 0.307. The predicted octanol–water partition coefficient (Wildman–Crippen LogP) is 4.42. The number of nitrogens with zero attached hydrogens (tertiary/aromatic N) is 4. The number of aromatic nitrogens is 3. The first kappa shape index (κ1) is 27.1. The third kappa shape index (κ3) is 6.31. The third-order valence-corrected chi connectivity index (χ3v) is 7.74. The van der Waals surface area contributed by atoms with E-state index in [0.29, 0.717) is 46.8 Å². The molecule has 214 valence electrons. The maximum Gasteiger partial charge on any atom is 0.258 e. The van der Waals surface area contributed by atoms with Gasteiger partial charge in [0.15, 0.2) is 5.82 Å². The normalized spacial score (nSPS) is 16.7. The molecular weight excluding hydrogens is 528 g/mol. The summed E-state index contributed by atoms with van der Waals surface area (Å²) in [7, 11) is 2.13. The number of hydrogen-bond acceptors (Lipinski definition) is 7. The number of anilines is 3. The summed E-state index contributed by atoms with van der Waals surface area (Å²) in [6.07, 6.45) is 3.58. The van der Waals surface area contributed by atoms with E-state index in [1.165, 1.54) is 12.1 Å². The summed E-state index contributed by atoms with van der Waals surface area (Å²) in [6.45, 7) is 5.21. The molecule has 1 amide bonds. The standard InChI is InChI=1S/C30H33F2N7O2/c1-38-6-8-39(9-7-38)24-2-3-25(27(17-24)34-22-4-10-41-11-5-22)30(40)35-29-26-16-23(33-18-28(26)36-37-29)14-19-12-20(31)15-21(32)13-19/h2-3,12-13,15-18,22,34H,4-11,14H2,1H3,(H2,35,36,37,40). The van der Waals surface area contributed by atoms with Gasteiger partial charge in [-0.15, -0.1) is 0 Å². The summed E-state index contributed by atoms with van der Waals surface area (Å²) in [5.41, 5.74) is 4.08. The molecule has 2 aromatic heterocycles. The van der Waals surface area contributed by atoms with E-state index in [1.54, 1.807) is 12.3 Å². The van der Waals surface area contributed by atoms with Crippen LogP contribution in [0.5, 0.6) is 0 Å². The van der Waals surface area contributed by atoms with Crippen LogP contribution in [-0.4, -0.2) is 78.5 Å². The second-order valence-corrected chi connectivity index (χ2v) is 10.8. The Morgan fingerprint density at radius 2 is 1.80 bits per heavy atom. The molecule has 2 aliphatic heterocycles. The van der Waals surface area contributed by atoms with Crippen molar-refractivity contribution in [3.8, 4) is 0 Å². The Balaban J connectivity index is 1.25. The fraction of sp³-hybridized carbons (Fsp3) is 0.367. The van der Waals surface area contributed by atoms with Gasteiger partial charge in [-0.05, 0) is 61.9 Å². The average Bonchev–Trinajstić information content (AvgIpc) is 3.35. The van der Waals surface area contributed by atoms with E-state index in [-0.39, 0.29) is 18.4 Å². The lowest BCUT2D eigenvalue weighted by atomic mass is 10.1. The second kappa shape index (κ2) is 11.8. The molecule has 2 saturated heterocycles. The van der Waals surface area contributed by atoms with Crippen LogP contribution in [0.25, 0.3) is 10.9 Å². The van der Waals surface area contributed by atoms with Crippen molar-refractivity contribution in [1.82, 2.24) is 20.1 Å². The summed E-state index contributed by atoms with van der Waals surface area (Å²) >= 11 is 0. The summed E-state index contributed by atoms with van der Waals surface area (Å²) in [4.78, 5) is 22.7. The molecule has 0 saturated carbocycles. The number of H-pyrrole nitrogens is 1. The van der Waals surface area contributed by atoms with Gasteiger partial charge in [0.05, 0.1) is 17.3 Å². The first-order valence-corrected chi connectivity index (χ1v) is 13.9. The summed E-state index contributed by atoms with van der Waals surface area (Å²) in [6, 6.07) is 11.3. The molecule has 0 spiro atoms. The zero-order valence-electron chi connectivity index (χ0n) is 22.9. The van der Waals surface area contributed by atoms with E-state index in [0.717, 1.165) is 56.5 Å². The minimum absolute atomic E-state index is 0.213. The number of benzene rings is 2. The number of amides is 1. The molecule has 0 radical (unpaired) electrons. The molecule has 2 fully saturated rings. The maximum atomic E-state index is 13.7. The number of ether oxygens (including phenoxy) is 1. The Kier molecular flexibility index (Phi) is 7.80. The fourth-order valence-corrected chi connectivity index (χ4v) is 5.42. The van der Waals surface area contributed by atoms with Gasteiger partial charge in [0.1, 0.15) is 11.6 Å². The van der Waals surface area contributed by atoms with Crippen LogP contribution < -0.4 is 15.5 Å². The van der Waals surface area contributed by atoms with E-state index in [2.05, 4.69) is 48.7 Å². The Morgan fingerprint density at radius 3 is 2.56 bits per heavy atom. The van der Waals surface area contributed by atoms with Crippen molar-refractivity contribution in [3.63, 3.8) is 0 Å². The third-order valence-electron chi connectivity index (χ3n) is 7.74. The monoisotopic (exact) mass is 561 g/mol. The highest BCUT2D eigenvalue weighted by Gasteiger charge is 2.22. The molecule has 2 aliphatic rings. The van der Waals surface area contributed by atoms with Crippen LogP contribution in [0, 0.1) is 11.6 Å². The zero-order chi connectivity index (χ0) is 28.3. The van der Waals surface area contributed by atoms with Gasteiger partial charge < -0.3 is 25.2 Å². The van der Waals surface area contributed by atoms with E-state index >= 15 is 0 Å². The van der Waals surface area contributed by atoms with Gasteiger partial charge in [-0.25, -0.2) is 8.78 Å². The fourth-order valence-electron chi connectivity index (χ4n) is 5.42. The number of aromatic amines is 1. The van der Waals surface area contributed by atoms with Crippen molar-refractivity contribution in [3.05, 3.63) is 77.1 Å². The number of nitrogens with one attached hydrogen (secondary N) is 3. The molecule has 0 aliphatic carbocycles. The van der Waals surface area contributed by atoms with Crippen LogP contribution in [0.1, 0.15) is 34.5 Å². The van der Waals surface area contributed by atoms with Crippen LogP contribution in [-0.2, 0) is 11.2 Å². The van der Waals surface area contributed by atoms with E-state index < -0.39 is 11.6 Å². The number of piperazine rings is 1. The van der Waals surface area contributed by atoms with Gasteiger partial charge in [-0.2, -0.15) is 5.10 Å². The lowest BCUT2D eigenvalue weighted by molar-refractivity contribution is 0.0904. The molecule has 0 unspecified atom stereocenters. The van der Waals surface area contributed by atoms with Crippen LogP contribution >= 0.6 is 0 Å². The maximum absolute atomic E-state index is 13.7. The Morgan fingerprint density at radius 1 is 1.05 bits per heavy atom. The van der Waals surface area contributed by atoms with Crippen molar-refractivity contribution in [1.29, 1.82) is 0 Å². The predicted molar refractivity (Wildman–Crippen MR) is 155 cm³/mol. The number of hydrogen-bond donors (Lipinski definition) is 3. The molecule has 0 bridgehead atoms. The minimum atomic E-state index is -0.638. The zero-order valence-corrected chi connectivity index (χ0v) is 22.9. The molecule has 11 heteroatoms. The van der Waals surface area contributed by atoms with Gasteiger partial charge in [-0.3, -0.25) is 14.9 Å². The highest BCUT2D eigenvalue weighted by Crippen LogP contribution is 2.29. The summed E-state index contributed by atoms with van der Waals surface area (Å²) in [5.74, 6) is -1.20. The van der Waals surface area contributed by atoms with Crippen LogP contribution in [0.2, 0.25) is 0 Å². The molecule has 3 N–H and O–H groups in total.